The van der Waals surface area contributed by atoms with E-state index in [4.69, 9.17) is 4.42 Å². The lowest BCUT2D eigenvalue weighted by molar-refractivity contribution is -0.124. The molecule has 152 valence electrons. The minimum atomic E-state index is -4.03. The number of amides is 1. The first-order chi connectivity index (χ1) is 13.8. The van der Waals surface area contributed by atoms with Crippen LogP contribution in [0.5, 0.6) is 0 Å². The number of aromatic nitrogens is 1. The number of pyridine rings is 1. The molecule has 1 aromatic carbocycles. The monoisotopic (exact) mass is 481 g/mol. The summed E-state index contributed by atoms with van der Waals surface area (Å²) in [5, 5.41) is 2.83. The fourth-order valence-corrected chi connectivity index (χ4v) is 5.40. The Labute approximate surface area is 175 Å². The Morgan fingerprint density at radius 3 is 2.93 bits per heavy atom. The van der Waals surface area contributed by atoms with Crippen molar-refractivity contribution in [3.05, 3.63) is 58.6 Å². The molecule has 3 heterocycles. The second kappa shape index (κ2) is 7.85. The number of carbonyl (C=O) groups excluding carboxylic acids is 1. The van der Waals surface area contributed by atoms with Crippen LogP contribution in [0.1, 0.15) is 18.4 Å². The topological polar surface area (TPSA) is 92.5 Å². The number of benzene rings is 1. The third-order valence-corrected chi connectivity index (χ3v) is 6.95. The number of hydrogen-bond donors (Lipinski definition) is 1. The first-order valence-corrected chi connectivity index (χ1v) is 11.2. The second-order valence-electron chi connectivity index (χ2n) is 6.75. The molecule has 1 fully saturated rings. The molecule has 0 unspecified atom stereocenters. The van der Waals surface area contributed by atoms with Gasteiger partial charge in [-0.15, -0.1) is 0 Å². The predicted octanol–water partition coefficient (Wildman–Crippen LogP) is 3.20. The fourth-order valence-electron chi connectivity index (χ4n) is 3.38. The van der Waals surface area contributed by atoms with Crippen molar-refractivity contribution in [3.8, 4) is 0 Å². The van der Waals surface area contributed by atoms with Gasteiger partial charge < -0.3 is 9.73 Å². The molecule has 0 aliphatic carbocycles. The number of hydrogen-bond acceptors (Lipinski definition) is 5. The Balaban J connectivity index is 1.53. The highest BCUT2D eigenvalue weighted by molar-refractivity contribution is 9.10. The lowest BCUT2D eigenvalue weighted by Gasteiger charge is -2.22. The lowest BCUT2D eigenvalue weighted by atomic mass is 10.2. The van der Waals surface area contributed by atoms with Crippen molar-refractivity contribution in [1.29, 1.82) is 0 Å². The van der Waals surface area contributed by atoms with Crippen LogP contribution in [-0.4, -0.2) is 36.2 Å². The largest absolute Gasteiger partial charge is 0.443 e. The third kappa shape index (κ3) is 4.05. The van der Waals surface area contributed by atoms with E-state index in [9.17, 15) is 17.6 Å². The van der Waals surface area contributed by atoms with Crippen molar-refractivity contribution < 1.29 is 22.0 Å². The zero-order valence-electron chi connectivity index (χ0n) is 15.1. The Morgan fingerprint density at radius 2 is 2.14 bits per heavy atom. The summed E-state index contributed by atoms with van der Waals surface area (Å²) in [6.45, 7) is 0.448. The Morgan fingerprint density at radius 1 is 1.31 bits per heavy atom. The van der Waals surface area contributed by atoms with E-state index in [1.165, 1.54) is 24.3 Å². The summed E-state index contributed by atoms with van der Waals surface area (Å²) in [5.74, 6) is -0.865. The molecule has 0 bridgehead atoms. The molecule has 1 amide bonds. The van der Waals surface area contributed by atoms with E-state index in [0.717, 1.165) is 14.3 Å². The Bertz CT molecular complexity index is 1180. The first kappa shape index (κ1) is 20.0. The van der Waals surface area contributed by atoms with Crippen LogP contribution in [-0.2, 0) is 21.4 Å². The molecule has 1 aliphatic rings. The van der Waals surface area contributed by atoms with Crippen LogP contribution in [0.25, 0.3) is 11.0 Å². The molecule has 0 spiro atoms. The summed E-state index contributed by atoms with van der Waals surface area (Å²) in [4.78, 5) is 16.7. The number of furan rings is 1. The van der Waals surface area contributed by atoms with Crippen LogP contribution < -0.4 is 5.32 Å². The van der Waals surface area contributed by atoms with Gasteiger partial charge >= 0.3 is 0 Å². The summed E-state index contributed by atoms with van der Waals surface area (Å²) >= 11 is 3.32. The van der Waals surface area contributed by atoms with E-state index in [1.54, 1.807) is 12.4 Å². The molecule has 1 aliphatic heterocycles. The molecule has 7 nitrogen and oxygen atoms in total. The lowest BCUT2D eigenvalue weighted by Crippen LogP contribution is -2.45. The van der Waals surface area contributed by atoms with Crippen LogP contribution in [0.15, 0.2) is 56.7 Å². The molecule has 0 saturated carbocycles. The number of sulfonamides is 1. The van der Waals surface area contributed by atoms with Gasteiger partial charge in [-0.05, 0) is 58.6 Å². The van der Waals surface area contributed by atoms with Crippen LogP contribution >= 0.6 is 15.9 Å². The highest BCUT2D eigenvalue weighted by Gasteiger charge is 2.41. The molecule has 1 N–H and O–H groups in total. The summed E-state index contributed by atoms with van der Waals surface area (Å²) in [6, 6.07) is 6.07. The van der Waals surface area contributed by atoms with Crippen molar-refractivity contribution in [3.63, 3.8) is 0 Å². The molecule has 29 heavy (non-hydrogen) atoms. The van der Waals surface area contributed by atoms with Gasteiger partial charge in [-0.3, -0.25) is 9.78 Å². The van der Waals surface area contributed by atoms with Gasteiger partial charge in [0.05, 0.1) is 0 Å². The van der Waals surface area contributed by atoms with Gasteiger partial charge in [-0.2, -0.15) is 4.31 Å². The molecule has 3 aromatic rings. The normalized spacial score (nSPS) is 17.7. The van der Waals surface area contributed by atoms with Crippen molar-refractivity contribution in [1.82, 2.24) is 14.6 Å². The van der Waals surface area contributed by atoms with E-state index in [2.05, 4.69) is 26.2 Å². The smallest absolute Gasteiger partial charge is 0.277 e. The summed E-state index contributed by atoms with van der Waals surface area (Å²) in [7, 11) is -4.03. The maximum absolute atomic E-state index is 13.4. The molecule has 1 atom stereocenters. The highest BCUT2D eigenvalue weighted by atomic mass is 79.9. The third-order valence-electron chi connectivity index (χ3n) is 4.75. The van der Waals surface area contributed by atoms with Gasteiger partial charge in [-0.1, -0.05) is 0 Å². The summed E-state index contributed by atoms with van der Waals surface area (Å²) in [6.07, 6.45) is 4.23. The summed E-state index contributed by atoms with van der Waals surface area (Å²) < 4.78 is 46.9. The van der Waals surface area contributed by atoms with E-state index in [-0.39, 0.29) is 29.7 Å². The first-order valence-electron chi connectivity index (χ1n) is 8.93. The number of nitrogens with zero attached hydrogens (tertiary/aromatic N) is 2. The maximum Gasteiger partial charge on any atom is 0.277 e. The minimum Gasteiger partial charge on any atom is -0.443 e. The summed E-state index contributed by atoms with van der Waals surface area (Å²) in [5.41, 5.74) is 1.06. The van der Waals surface area contributed by atoms with Gasteiger partial charge in [0.25, 0.3) is 10.0 Å². The van der Waals surface area contributed by atoms with Gasteiger partial charge in [0.1, 0.15) is 17.4 Å². The van der Waals surface area contributed by atoms with Gasteiger partial charge in [0.15, 0.2) is 0 Å². The number of halogens is 2. The molecular formula is C19H17BrFN3O4S. The average molecular weight is 482 g/mol. The number of rotatable bonds is 5. The minimum absolute atomic E-state index is 0.213. The van der Waals surface area contributed by atoms with E-state index < -0.39 is 21.9 Å². The highest BCUT2D eigenvalue weighted by Crippen LogP contribution is 2.30. The zero-order valence-corrected chi connectivity index (χ0v) is 17.5. The average Bonchev–Trinajstić information content (AvgIpc) is 3.33. The van der Waals surface area contributed by atoms with Crippen LogP contribution in [0.3, 0.4) is 0 Å². The van der Waals surface area contributed by atoms with Crippen LogP contribution in [0.4, 0.5) is 4.39 Å². The van der Waals surface area contributed by atoms with Crippen LogP contribution in [0.2, 0.25) is 0 Å². The van der Waals surface area contributed by atoms with Gasteiger partial charge in [0.2, 0.25) is 11.0 Å². The standard InChI is InChI=1S/C19H17BrFN3O4S/c20-14-6-12(9-22-11-14)10-23-19(25)16-2-1-5-24(16)29(26,27)18-8-13-7-15(21)3-4-17(13)28-18/h3-4,6-9,11,16H,1-2,5,10H2,(H,23,25)/t16-/m0/s1. The SMILES string of the molecule is O=C(NCc1cncc(Br)c1)[C@@H]1CCCN1S(=O)(=O)c1cc2cc(F)ccc2o1. The molecule has 0 radical (unpaired) electrons. The molecule has 4 rings (SSSR count). The van der Waals surface area contributed by atoms with Gasteiger partial charge in [-0.25, -0.2) is 12.8 Å². The quantitative estimate of drug-likeness (QED) is 0.603. The fraction of sp³-hybridized carbons (Fsp3) is 0.263. The molecule has 1 saturated heterocycles. The predicted molar refractivity (Wildman–Crippen MR) is 107 cm³/mol. The number of nitrogens with one attached hydrogen (secondary N) is 1. The maximum atomic E-state index is 13.4. The van der Waals surface area contributed by atoms with Gasteiger partial charge in [0, 0.05) is 41.4 Å². The Kier molecular flexibility index (Phi) is 5.41. The van der Waals surface area contributed by atoms with Crippen molar-refractivity contribution in [2.45, 2.75) is 30.5 Å². The van der Waals surface area contributed by atoms with Crippen molar-refractivity contribution in [2.75, 3.05) is 6.54 Å². The molecule has 2 aromatic heterocycles. The van der Waals surface area contributed by atoms with E-state index in [1.807, 2.05) is 6.07 Å². The van der Waals surface area contributed by atoms with E-state index in [0.29, 0.717) is 18.2 Å². The second-order valence-corrected chi connectivity index (χ2v) is 9.49. The molecular weight excluding hydrogens is 465 g/mol. The van der Waals surface area contributed by atoms with E-state index >= 15 is 0 Å². The van der Waals surface area contributed by atoms with Crippen molar-refractivity contribution >= 4 is 42.8 Å². The number of carbonyl (C=O) groups is 1. The Hall–Kier alpha value is -2.30. The number of fused-ring (bicyclic) bond motifs is 1. The van der Waals surface area contributed by atoms with Crippen molar-refractivity contribution in [2.24, 2.45) is 0 Å². The molecule has 10 heteroatoms. The van der Waals surface area contributed by atoms with Crippen LogP contribution in [0, 0.1) is 5.82 Å². The zero-order chi connectivity index (χ0) is 20.6.